The number of rotatable bonds is 4. The van der Waals surface area contributed by atoms with Gasteiger partial charge in [-0.25, -0.2) is 13.4 Å². The van der Waals surface area contributed by atoms with E-state index in [0.717, 1.165) is 20.9 Å². The summed E-state index contributed by atoms with van der Waals surface area (Å²) in [7, 11) is -3.14. The predicted octanol–water partition coefficient (Wildman–Crippen LogP) is 2.42. The summed E-state index contributed by atoms with van der Waals surface area (Å²) in [5, 5.41) is 4.10. The molecule has 1 heterocycles. The molecule has 0 unspecified atom stereocenters. The minimum Gasteiger partial charge on any atom is -0.397 e. The van der Waals surface area contributed by atoms with Crippen molar-refractivity contribution in [2.45, 2.75) is 25.5 Å². The summed E-state index contributed by atoms with van der Waals surface area (Å²) >= 11 is 1.59. The maximum atomic E-state index is 11.7. The number of nitrogens with two attached hydrogens (primary N) is 1. The van der Waals surface area contributed by atoms with Crippen LogP contribution in [0.1, 0.15) is 18.9 Å². The van der Waals surface area contributed by atoms with Crippen molar-refractivity contribution < 1.29 is 8.42 Å². The molecule has 5 nitrogen and oxygen atoms in total. The number of hydrogen-bond acceptors (Lipinski definition) is 6. The first-order valence-corrected chi connectivity index (χ1v) is 8.91. The van der Waals surface area contributed by atoms with Crippen molar-refractivity contribution in [1.82, 2.24) is 4.98 Å². The number of nitrogen functional groups attached to an aromatic ring is 1. The van der Waals surface area contributed by atoms with E-state index in [1.54, 1.807) is 25.2 Å². The van der Waals surface area contributed by atoms with Crippen LogP contribution in [-0.4, -0.2) is 30.9 Å². The van der Waals surface area contributed by atoms with Crippen LogP contribution in [0.5, 0.6) is 0 Å². The van der Waals surface area contributed by atoms with E-state index in [1.807, 2.05) is 19.1 Å². The van der Waals surface area contributed by atoms with Crippen molar-refractivity contribution in [3.8, 4) is 0 Å². The molecule has 0 aliphatic heterocycles. The molecule has 0 fully saturated rings. The molecule has 7 heteroatoms. The van der Waals surface area contributed by atoms with Gasteiger partial charge in [0.2, 0.25) is 0 Å². The van der Waals surface area contributed by atoms with Crippen molar-refractivity contribution in [3.05, 3.63) is 17.1 Å². The second kappa shape index (κ2) is 4.89. The van der Waals surface area contributed by atoms with Crippen LogP contribution >= 0.6 is 11.3 Å². The standard InChI is InChI=1S/C13H19N3O2S2/c1-8-16-11-6-10(9(14)5-12(11)19-8)15-7-13(2,3)20(4,17)18/h5-6,15H,7,14H2,1-4H3. The highest BCUT2D eigenvalue weighted by atomic mass is 32.2. The molecule has 0 saturated heterocycles. The second-order valence-corrected chi connectivity index (χ2v) is 9.41. The van der Waals surface area contributed by atoms with E-state index in [-0.39, 0.29) is 0 Å². The van der Waals surface area contributed by atoms with Gasteiger partial charge in [-0.3, -0.25) is 0 Å². The lowest BCUT2D eigenvalue weighted by Gasteiger charge is -2.23. The normalized spacial score (nSPS) is 12.8. The molecule has 0 aliphatic carbocycles. The molecule has 0 atom stereocenters. The van der Waals surface area contributed by atoms with Gasteiger partial charge in [-0.1, -0.05) is 0 Å². The summed E-state index contributed by atoms with van der Waals surface area (Å²) in [5.41, 5.74) is 8.20. The van der Waals surface area contributed by atoms with Crippen LogP contribution in [0, 0.1) is 6.92 Å². The number of nitrogens with zero attached hydrogens (tertiary/aromatic N) is 1. The van der Waals surface area contributed by atoms with E-state index in [4.69, 9.17) is 5.73 Å². The quantitative estimate of drug-likeness (QED) is 0.847. The molecule has 0 aliphatic rings. The zero-order valence-corrected chi connectivity index (χ0v) is 13.7. The number of benzene rings is 1. The SMILES string of the molecule is Cc1nc2cc(NCC(C)(C)S(C)(=O)=O)c(N)cc2s1. The third-order valence-corrected chi connectivity index (χ3v) is 6.46. The summed E-state index contributed by atoms with van der Waals surface area (Å²) in [6.07, 6.45) is 1.24. The smallest absolute Gasteiger partial charge is 0.154 e. The van der Waals surface area contributed by atoms with Gasteiger partial charge in [0.1, 0.15) is 0 Å². The first-order chi connectivity index (χ1) is 9.10. The second-order valence-electron chi connectivity index (χ2n) is 5.53. The first-order valence-electron chi connectivity index (χ1n) is 6.20. The van der Waals surface area contributed by atoms with Gasteiger partial charge >= 0.3 is 0 Å². The summed E-state index contributed by atoms with van der Waals surface area (Å²) in [6.45, 7) is 5.62. The molecule has 0 saturated carbocycles. The Balaban J connectivity index is 2.28. The van der Waals surface area contributed by atoms with Crippen molar-refractivity contribution in [2.75, 3.05) is 23.9 Å². The number of aryl methyl sites for hydroxylation is 1. The monoisotopic (exact) mass is 313 g/mol. The Morgan fingerprint density at radius 1 is 1.40 bits per heavy atom. The van der Waals surface area contributed by atoms with E-state index in [9.17, 15) is 8.42 Å². The predicted molar refractivity (Wildman–Crippen MR) is 86.2 cm³/mol. The highest BCUT2D eigenvalue weighted by molar-refractivity contribution is 7.92. The molecule has 2 rings (SSSR count). The summed E-state index contributed by atoms with van der Waals surface area (Å²) in [6, 6.07) is 3.74. The third kappa shape index (κ3) is 2.88. The Kier molecular flexibility index (Phi) is 3.68. The van der Waals surface area contributed by atoms with Crippen molar-refractivity contribution in [2.24, 2.45) is 0 Å². The Morgan fingerprint density at radius 2 is 2.05 bits per heavy atom. The van der Waals surface area contributed by atoms with E-state index in [2.05, 4.69) is 10.3 Å². The van der Waals surface area contributed by atoms with Gasteiger partial charge in [0, 0.05) is 12.8 Å². The van der Waals surface area contributed by atoms with E-state index < -0.39 is 14.6 Å². The summed E-state index contributed by atoms with van der Waals surface area (Å²) in [5.74, 6) is 0. The van der Waals surface area contributed by atoms with Crippen molar-refractivity contribution in [3.63, 3.8) is 0 Å². The number of nitrogens with one attached hydrogen (secondary N) is 1. The highest BCUT2D eigenvalue weighted by Crippen LogP contribution is 2.30. The maximum absolute atomic E-state index is 11.7. The lowest BCUT2D eigenvalue weighted by Crippen LogP contribution is -2.38. The highest BCUT2D eigenvalue weighted by Gasteiger charge is 2.30. The fraction of sp³-hybridized carbons (Fsp3) is 0.462. The van der Waals surface area contributed by atoms with Crippen LogP contribution in [0.25, 0.3) is 10.2 Å². The maximum Gasteiger partial charge on any atom is 0.154 e. The largest absolute Gasteiger partial charge is 0.397 e. The molecule has 0 amide bonds. The summed E-state index contributed by atoms with van der Waals surface area (Å²) < 4.78 is 23.6. The number of sulfone groups is 1. The van der Waals surface area contributed by atoms with Crippen LogP contribution in [0.4, 0.5) is 11.4 Å². The zero-order valence-electron chi connectivity index (χ0n) is 12.0. The van der Waals surface area contributed by atoms with Crippen LogP contribution < -0.4 is 11.1 Å². The Labute approximate surface area is 123 Å². The lowest BCUT2D eigenvalue weighted by atomic mass is 10.2. The van der Waals surface area contributed by atoms with Crippen LogP contribution in [0.3, 0.4) is 0 Å². The van der Waals surface area contributed by atoms with E-state index >= 15 is 0 Å². The van der Waals surface area contributed by atoms with Crippen molar-refractivity contribution in [1.29, 1.82) is 0 Å². The molecule has 110 valence electrons. The average Bonchev–Trinajstić information content (AvgIpc) is 2.63. The molecule has 1 aromatic heterocycles. The third-order valence-electron chi connectivity index (χ3n) is 3.38. The molecule has 0 bridgehead atoms. The van der Waals surface area contributed by atoms with Gasteiger partial charge in [-0.15, -0.1) is 11.3 Å². The number of aromatic nitrogens is 1. The number of hydrogen-bond donors (Lipinski definition) is 2. The molecule has 2 aromatic rings. The van der Waals surface area contributed by atoms with Gasteiger partial charge in [0.25, 0.3) is 0 Å². The molecule has 0 radical (unpaired) electrons. The topological polar surface area (TPSA) is 85.1 Å². The van der Waals surface area contributed by atoms with Crippen LogP contribution in [0.15, 0.2) is 12.1 Å². The van der Waals surface area contributed by atoms with E-state index in [0.29, 0.717) is 12.2 Å². The zero-order chi connectivity index (χ0) is 15.1. The first kappa shape index (κ1) is 15.1. The molecule has 1 aromatic carbocycles. The number of fused-ring (bicyclic) bond motifs is 1. The number of anilines is 2. The summed E-state index contributed by atoms with van der Waals surface area (Å²) in [4.78, 5) is 4.41. The fourth-order valence-corrected chi connectivity index (χ4v) is 2.89. The fourth-order valence-electron chi connectivity index (χ4n) is 1.70. The van der Waals surface area contributed by atoms with Gasteiger partial charge in [0.05, 0.1) is 31.3 Å². The van der Waals surface area contributed by atoms with E-state index in [1.165, 1.54) is 6.26 Å². The molecule has 20 heavy (non-hydrogen) atoms. The minimum absolute atomic E-state index is 0.296. The van der Waals surface area contributed by atoms with Crippen LogP contribution in [0.2, 0.25) is 0 Å². The van der Waals surface area contributed by atoms with Gasteiger partial charge < -0.3 is 11.1 Å². The molecular formula is C13H19N3O2S2. The van der Waals surface area contributed by atoms with Crippen LogP contribution in [-0.2, 0) is 9.84 Å². The Hall–Kier alpha value is -1.34. The average molecular weight is 313 g/mol. The molecular weight excluding hydrogens is 294 g/mol. The van der Waals surface area contributed by atoms with Gasteiger partial charge in [-0.05, 0) is 32.9 Å². The lowest BCUT2D eigenvalue weighted by molar-refractivity contribution is 0.560. The number of thiazole rings is 1. The van der Waals surface area contributed by atoms with Crippen molar-refractivity contribution >= 4 is 42.8 Å². The van der Waals surface area contributed by atoms with Gasteiger partial charge in [0.15, 0.2) is 9.84 Å². The Bertz CT molecular complexity index is 748. The molecule has 3 N–H and O–H groups in total. The molecule has 0 spiro atoms. The minimum atomic E-state index is -3.14. The van der Waals surface area contributed by atoms with Gasteiger partial charge in [-0.2, -0.15) is 0 Å². The Morgan fingerprint density at radius 3 is 2.65 bits per heavy atom.